The van der Waals surface area contributed by atoms with Crippen LogP contribution in [0.1, 0.15) is 0 Å². The third-order valence-electron chi connectivity index (χ3n) is 2.16. The molecule has 0 saturated carbocycles. The van der Waals surface area contributed by atoms with Crippen LogP contribution in [0.4, 0.5) is 5.69 Å². The molecule has 0 saturated heterocycles. The third kappa shape index (κ3) is 4.92. The van der Waals surface area contributed by atoms with Crippen LogP contribution >= 0.6 is 11.6 Å². The molecule has 0 aliphatic carbocycles. The minimum absolute atomic E-state index is 0.243. The van der Waals surface area contributed by atoms with Gasteiger partial charge >= 0.3 is 0 Å². The Bertz CT molecular complexity index is 583. The lowest BCUT2D eigenvalue weighted by Gasteiger charge is -2.10. The molecule has 0 atom stereocenters. The van der Waals surface area contributed by atoms with Gasteiger partial charge in [0.1, 0.15) is 11.5 Å². The molecule has 0 spiro atoms. The predicted molar refractivity (Wildman–Crippen MR) is 75.5 cm³/mol. The van der Waals surface area contributed by atoms with E-state index in [1.165, 1.54) is 19.3 Å². The second-order valence-electron chi connectivity index (χ2n) is 3.74. The number of nitrogens with one attached hydrogen (secondary N) is 1. The SMILES string of the molecule is C=CCS(=O)(=O)CC(=O)Nc1cc(Cl)ccc1OC. The number of amides is 1. The summed E-state index contributed by atoms with van der Waals surface area (Å²) in [5, 5.41) is 2.86. The molecule has 0 unspecified atom stereocenters. The zero-order valence-corrected chi connectivity index (χ0v) is 11.9. The summed E-state index contributed by atoms with van der Waals surface area (Å²) in [6.07, 6.45) is 1.24. The lowest BCUT2D eigenvalue weighted by atomic mass is 10.3. The summed E-state index contributed by atoms with van der Waals surface area (Å²) in [7, 11) is -2.05. The summed E-state index contributed by atoms with van der Waals surface area (Å²) in [6.45, 7) is 3.33. The number of sulfone groups is 1. The van der Waals surface area contributed by atoms with Gasteiger partial charge in [0.15, 0.2) is 9.84 Å². The molecule has 1 rings (SSSR count). The number of anilines is 1. The molecule has 1 amide bonds. The van der Waals surface area contributed by atoms with Crippen molar-refractivity contribution in [2.75, 3.05) is 23.9 Å². The maximum atomic E-state index is 11.7. The van der Waals surface area contributed by atoms with E-state index in [1.807, 2.05) is 0 Å². The second-order valence-corrected chi connectivity index (χ2v) is 6.28. The molecule has 0 heterocycles. The topological polar surface area (TPSA) is 72.5 Å². The van der Waals surface area contributed by atoms with Gasteiger partial charge in [-0.3, -0.25) is 4.79 Å². The van der Waals surface area contributed by atoms with Crippen LogP contribution in [0, 0.1) is 0 Å². The van der Waals surface area contributed by atoms with Gasteiger partial charge in [0.2, 0.25) is 5.91 Å². The molecule has 7 heteroatoms. The van der Waals surface area contributed by atoms with Crippen molar-refractivity contribution in [1.82, 2.24) is 0 Å². The first-order chi connectivity index (χ1) is 8.88. The van der Waals surface area contributed by atoms with E-state index in [2.05, 4.69) is 11.9 Å². The van der Waals surface area contributed by atoms with E-state index in [1.54, 1.807) is 12.1 Å². The maximum absolute atomic E-state index is 11.7. The van der Waals surface area contributed by atoms with Crippen LogP contribution in [0.2, 0.25) is 5.02 Å². The smallest absolute Gasteiger partial charge is 0.239 e. The Kier molecular flexibility index (Phi) is 5.38. The van der Waals surface area contributed by atoms with Crippen LogP contribution in [0.5, 0.6) is 5.75 Å². The van der Waals surface area contributed by atoms with Crippen LogP contribution in [-0.2, 0) is 14.6 Å². The highest BCUT2D eigenvalue weighted by molar-refractivity contribution is 7.92. The van der Waals surface area contributed by atoms with Gasteiger partial charge in [-0.05, 0) is 18.2 Å². The van der Waals surface area contributed by atoms with Crippen molar-refractivity contribution >= 4 is 33.0 Å². The molecule has 5 nitrogen and oxygen atoms in total. The number of benzene rings is 1. The van der Waals surface area contributed by atoms with Crippen molar-refractivity contribution in [2.45, 2.75) is 0 Å². The molecule has 0 aliphatic rings. The highest BCUT2D eigenvalue weighted by Gasteiger charge is 2.16. The number of ether oxygens (including phenoxy) is 1. The van der Waals surface area contributed by atoms with E-state index in [4.69, 9.17) is 16.3 Å². The largest absolute Gasteiger partial charge is 0.495 e. The standard InChI is InChI=1S/C12H14ClNO4S/c1-3-6-19(16,17)8-12(15)14-10-7-9(13)4-5-11(10)18-2/h3-5,7H,1,6,8H2,2H3,(H,14,15). The second kappa shape index (κ2) is 6.58. The minimum atomic E-state index is -3.48. The number of carbonyl (C=O) groups excluding carboxylic acids is 1. The molecule has 1 N–H and O–H groups in total. The minimum Gasteiger partial charge on any atom is -0.495 e. The fourth-order valence-electron chi connectivity index (χ4n) is 1.40. The summed E-state index contributed by atoms with van der Waals surface area (Å²) < 4.78 is 28.0. The van der Waals surface area contributed by atoms with Crippen LogP contribution in [0.3, 0.4) is 0 Å². The first kappa shape index (κ1) is 15.5. The van der Waals surface area contributed by atoms with Gasteiger partial charge in [-0.1, -0.05) is 17.7 Å². The quantitative estimate of drug-likeness (QED) is 0.815. The van der Waals surface area contributed by atoms with Gasteiger partial charge in [0.25, 0.3) is 0 Å². The Hall–Kier alpha value is -1.53. The van der Waals surface area contributed by atoms with E-state index in [0.717, 1.165) is 0 Å². The van der Waals surface area contributed by atoms with Crippen LogP contribution < -0.4 is 10.1 Å². The Balaban J connectivity index is 2.83. The first-order valence-electron chi connectivity index (χ1n) is 5.32. The summed E-state index contributed by atoms with van der Waals surface area (Å²) in [6, 6.07) is 4.67. The maximum Gasteiger partial charge on any atom is 0.239 e. The third-order valence-corrected chi connectivity index (χ3v) is 3.84. The summed E-state index contributed by atoms with van der Waals surface area (Å²) in [5.41, 5.74) is 0.328. The Morgan fingerprint density at radius 3 is 2.79 bits per heavy atom. The Labute approximate surface area is 117 Å². The zero-order valence-electron chi connectivity index (χ0n) is 10.3. The zero-order chi connectivity index (χ0) is 14.5. The molecular formula is C12H14ClNO4S. The van der Waals surface area contributed by atoms with Gasteiger partial charge in [0, 0.05) is 5.02 Å². The van der Waals surface area contributed by atoms with E-state index >= 15 is 0 Å². The highest BCUT2D eigenvalue weighted by Crippen LogP contribution is 2.27. The highest BCUT2D eigenvalue weighted by atomic mass is 35.5. The summed E-state index contributed by atoms with van der Waals surface area (Å²) in [5.74, 6) is -1.11. The van der Waals surface area contributed by atoms with E-state index in [9.17, 15) is 13.2 Å². The predicted octanol–water partition coefficient (Wildman–Crippen LogP) is 1.89. The van der Waals surface area contributed by atoms with Crippen molar-refractivity contribution in [3.63, 3.8) is 0 Å². The number of rotatable bonds is 6. The van der Waals surface area contributed by atoms with E-state index in [0.29, 0.717) is 16.5 Å². The van der Waals surface area contributed by atoms with E-state index in [-0.39, 0.29) is 5.75 Å². The molecule has 0 aliphatic heterocycles. The van der Waals surface area contributed by atoms with Crippen molar-refractivity contribution < 1.29 is 17.9 Å². The van der Waals surface area contributed by atoms with Gasteiger partial charge in [0.05, 0.1) is 18.6 Å². The lowest BCUT2D eigenvalue weighted by Crippen LogP contribution is -2.24. The molecule has 0 fully saturated rings. The summed E-state index contributed by atoms with van der Waals surface area (Å²) in [4.78, 5) is 11.7. The van der Waals surface area contributed by atoms with Crippen LogP contribution in [0.15, 0.2) is 30.9 Å². The molecular weight excluding hydrogens is 290 g/mol. The molecule has 1 aromatic rings. The van der Waals surface area contributed by atoms with Crippen molar-refractivity contribution in [3.8, 4) is 5.75 Å². The fraction of sp³-hybridized carbons (Fsp3) is 0.250. The Morgan fingerprint density at radius 1 is 1.53 bits per heavy atom. The normalized spacial score (nSPS) is 10.8. The number of hydrogen-bond acceptors (Lipinski definition) is 4. The number of methoxy groups -OCH3 is 1. The molecule has 0 aromatic heterocycles. The average Bonchev–Trinajstić information content (AvgIpc) is 2.28. The molecule has 104 valence electrons. The van der Waals surface area contributed by atoms with Gasteiger partial charge < -0.3 is 10.1 Å². The van der Waals surface area contributed by atoms with Crippen molar-refractivity contribution in [2.24, 2.45) is 0 Å². The first-order valence-corrected chi connectivity index (χ1v) is 7.52. The lowest BCUT2D eigenvalue weighted by molar-refractivity contribution is -0.113. The number of halogens is 1. The van der Waals surface area contributed by atoms with Gasteiger partial charge in [-0.25, -0.2) is 8.42 Å². The fourth-order valence-corrected chi connectivity index (χ4v) is 2.52. The molecule has 19 heavy (non-hydrogen) atoms. The monoisotopic (exact) mass is 303 g/mol. The average molecular weight is 304 g/mol. The van der Waals surface area contributed by atoms with Crippen molar-refractivity contribution in [3.05, 3.63) is 35.9 Å². The van der Waals surface area contributed by atoms with Gasteiger partial charge in [-0.2, -0.15) is 0 Å². The number of carbonyl (C=O) groups is 1. The molecule has 0 radical (unpaired) electrons. The summed E-state index contributed by atoms with van der Waals surface area (Å²) >= 11 is 5.80. The van der Waals surface area contributed by atoms with E-state index < -0.39 is 21.5 Å². The number of hydrogen-bond donors (Lipinski definition) is 1. The Morgan fingerprint density at radius 2 is 2.21 bits per heavy atom. The molecule has 1 aromatic carbocycles. The molecule has 0 bridgehead atoms. The van der Waals surface area contributed by atoms with Crippen LogP contribution in [0.25, 0.3) is 0 Å². The van der Waals surface area contributed by atoms with Gasteiger partial charge in [-0.15, -0.1) is 6.58 Å². The van der Waals surface area contributed by atoms with Crippen molar-refractivity contribution in [1.29, 1.82) is 0 Å². The van der Waals surface area contributed by atoms with Crippen LogP contribution in [-0.4, -0.2) is 32.9 Å².